The normalized spacial score (nSPS) is 16.1. The average molecular weight is 319 g/mol. The summed E-state index contributed by atoms with van der Waals surface area (Å²) in [5.41, 5.74) is 0. The number of hydrogen-bond donors (Lipinski definition) is 0. The molecule has 2 aromatic rings. The first-order valence-corrected chi connectivity index (χ1v) is 8.88. The van der Waals surface area contributed by atoms with E-state index in [1.807, 2.05) is 39.9 Å². The predicted molar refractivity (Wildman–Crippen MR) is 86.0 cm³/mol. The lowest BCUT2D eigenvalue weighted by Gasteiger charge is -2.31. The number of carbonyl (C=O) groups excluding carboxylic acids is 2. The zero-order chi connectivity index (χ0) is 14.7. The van der Waals surface area contributed by atoms with Gasteiger partial charge in [-0.2, -0.15) is 0 Å². The third-order valence-electron chi connectivity index (χ3n) is 3.89. The van der Waals surface area contributed by atoms with Crippen molar-refractivity contribution >= 4 is 34.4 Å². The SMILES string of the molecule is O=C(c1cccs1)C1CCN(C(=O)Cc2cccs2)CC1. The first-order valence-electron chi connectivity index (χ1n) is 7.12. The molecule has 0 spiro atoms. The van der Waals surface area contributed by atoms with Crippen molar-refractivity contribution in [1.82, 2.24) is 4.90 Å². The molecule has 3 rings (SSSR count). The van der Waals surface area contributed by atoms with E-state index in [1.165, 1.54) is 11.3 Å². The van der Waals surface area contributed by atoms with Crippen LogP contribution in [0.3, 0.4) is 0 Å². The van der Waals surface area contributed by atoms with E-state index in [2.05, 4.69) is 0 Å². The molecule has 1 fully saturated rings. The van der Waals surface area contributed by atoms with E-state index in [-0.39, 0.29) is 17.6 Å². The van der Waals surface area contributed by atoms with Crippen molar-refractivity contribution in [3.63, 3.8) is 0 Å². The van der Waals surface area contributed by atoms with Crippen LogP contribution in [0.15, 0.2) is 35.0 Å². The summed E-state index contributed by atoms with van der Waals surface area (Å²) in [6.07, 6.45) is 2.06. The molecular formula is C16H17NO2S2. The molecule has 0 N–H and O–H groups in total. The molecule has 0 aromatic carbocycles. The molecule has 5 heteroatoms. The van der Waals surface area contributed by atoms with Gasteiger partial charge in [0.05, 0.1) is 11.3 Å². The number of rotatable bonds is 4. The Hall–Kier alpha value is -1.46. The van der Waals surface area contributed by atoms with Gasteiger partial charge in [0.25, 0.3) is 0 Å². The molecule has 110 valence electrons. The van der Waals surface area contributed by atoms with Gasteiger partial charge in [-0.3, -0.25) is 9.59 Å². The van der Waals surface area contributed by atoms with E-state index >= 15 is 0 Å². The molecule has 1 amide bonds. The van der Waals surface area contributed by atoms with E-state index in [0.717, 1.165) is 22.6 Å². The summed E-state index contributed by atoms with van der Waals surface area (Å²) in [7, 11) is 0. The second-order valence-electron chi connectivity index (χ2n) is 5.25. The highest BCUT2D eigenvalue weighted by Gasteiger charge is 2.28. The Morgan fingerprint density at radius 1 is 1.10 bits per heavy atom. The van der Waals surface area contributed by atoms with Crippen LogP contribution in [0.25, 0.3) is 0 Å². The molecule has 1 aliphatic rings. The van der Waals surface area contributed by atoms with Crippen LogP contribution in [0.1, 0.15) is 27.4 Å². The van der Waals surface area contributed by atoms with Gasteiger partial charge in [-0.15, -0.1) is 22.7 Å². The molecule has 1 saturated heterocycles. The lowest BCUT2D eigenvalue weighted by Crippen LogP contribution is -2.40. The number of hydrogen-bond acceptors (Lipinski definition) is 4. The number of carbonyl (C=O) groups is 2. The largest absolute Gasteiger partial charge is 0.342 e. The van der Waals surface area contributed by atoms with Gasteiger partial charge in [-0.05, 0) is 35.7 Å². The Labute approximate surface area is 132 Å². The topological polar surface area (TPSA) is 37.4 Å². The number of thiophene rings is 2. The van der Waals surface area contributed by atoms with Gasteiger partial charge in [-0.1, -0.05) is 12.1 Å². The minimum absolute atomic E-state index is 0.0782. The summed E-state index contributed by atoms with van der Waals surface area (Å²) in [5.74, 6) is 0.504. The van der Waals surface area contributed by atoms with Crippen LogP contribution in [0, 0.1) is 5.92 Å². The number of amides is 1. The zero-order valence-electron chi connectivity index (χ0n) is 11.7. The smallest absolute Gasteiger partial charge is 0.227 e. The molecule has 0 saturated carbocycles. The number of piperidine rings is 1. The second kappa shape index (κ2) is 6.54. The Morgan fingerprint density at radius 3 is 2.43 bits per heavy atom. The quantitative estimate of drug-likeness (QED) is 0.809. The Bertz CT molecular complexity index is 596. The van der Waals surface area contributed by atoms with Crippen molar-refractivity contribution in [3.05, 3.63) is 44.8 Å². The third kappa shape index (κ3) is 3.41. The van der Waals surface area contributed by atoms with Crippen LogP contribution < -0.4 is 0 Å². The first-order chi connectivity index (χ1) is 10.2. The molecule has 0 atom stereocenters. The molecule has 3 heterocycles. The average Bonchev–Trinajstić information content (AvgIpc) is 3.20. The first kappa shape index (κ1) is 14.5. The van der Waals surface area contributed by atoms with Gasteiger partial charge < -0.3 is 4.90 Å². The van der Waals surface area contributed by atoms with Crippen LogP contribution in [0.4, 0.5) is 0 Å². The number of Topliss-reactive ketones (excluding diaryl/α,β-unsaturated/α-hetero) is 1. The number of ketones is 1. The summed E-state index contributed by atoms with van der Waals surface area (Å²) >= 11 is 3.12. The lowest BCUT2D eigenvalue weighted by molar-refractivity contribution is -0.131. The van der Waals surface area contributed by atoms with Crippen LogP contribution in [0.5, 0.6) is 0 Å². The highest BCUT2D eigenvalue weighted by atomic mass is 32.1. The Balaban J connectivity index is 1.53. The fraction of sp³-hybridized carbons (Fsp3) is 0.375. The van der Waals surface area contributed by atoms with Gasteiger partial charge in [0.1, 0.15) is 0 Å². The standard InChI is InChI=1S/C16H17NO2S2/c18-15(11-13-3-1-9-20-13)17-7-5-12(6-8-17)16(19)14-4-2-10-21-14/h1-4,9-10,12H,5-8,11H2. The van der Waals surface area contributed by atoms with Gasteiger partial charge >= 0.3 is 0 Å². The maximum Gasteiger partial charge on any atom is 0.227 e. The van der Waals surface area contributed by atoms with Crippen LogP contribution in [-0.4, -0.2) is 29.7 Å². The van der Waals surface area contributed by atoms with Crippen molar-refractivity contribution in [2.45, 2.75) is 19.3 Å². The maximum absolute atomic E-state index is 12.3. The van der Waals surface area contributed by atoms with Crippen molar-refractivity contribution in [2.24, 2.45) is 5.92 Å². The minimum Gasteiger partial charge on any atom is -0.342 e. The molecule has 0 unspecified atom stereocenters. The summed E-state index contributed by atoms with van der Waals surface area (Å²) in [6, 6.07) is 7.77. The highest BCUT2D eigenvalue weighted by Crippen LogP contribution is 2.24. The summed E-state index contributed by atoms with van der Waals surface area (Å²) < 4.78 is 0. The van der Waals surface area contributed by atoms with Gasteiger partial charge in [0, 0.05) is 23.9 Å². The zero-order valence-corrected chi connectivity index (χ0v) is 13.3. The molecule has 2 aromatic heterocycles. The third-order valence-corrected chi connectivity index (χ3v) is 5.65. The predicted octanol–water partition coefficient (Wildman–Crippen LogP) is 3.47. The van der Waals surface area contributed by atoms with Crippen molar-refractivity contribution in [2.75, 3.05) is 13.1 Å². The van der Waals surface area contributed by atoms with Gasteiger partial charge in [0.2, 0.25) is 5.91 Å². The molecule has 0 aliphatic carbocycles. The fourth-order valence-electron chi connectivity index (χ4n) is 2.69. The molecule has 1 aliphatic heterocycles. The monoisotopic (exact) mass is 319 g/mol. The van der Waals surface area contributed by atoms with Gasteiger partial charge in [-0.25, -0.2) is 0 Å². The van der Waals surface area contributed by atoms with Crippen LogP contribution >= 0.6 is 22.7 Å². The fourth-order valence-corrected chi connectivity index (χ4v) is 4.12. The Kier molecular flexibility index (Phi) is 4.51. The van der Waals surface area contributed by atoms with Crippen LogP contribution in [0.2, 0.25) is 0 Å². The summed E-state index contributed by atoms with van der Waals surface area (Å²) in [5, 5.41) is 3.93. The number of nitrogens with zero attached hydrogens (tertiary/aromatic N) is 1. The van der Waals surface area contributed by atoms with Crippen LogP contribution in [-0.2, 0) is 11.2 Å². The lowest BCUT2D eigenvalue weighted by atomic mass is 9.91. The molecule has 0 radical (unpaired) electrons. The maximum atomic E-state index is 12.3. The summed E-state index contributed by atoms with van der Waals surface area (Å²) in [4.78, 5) is 28.4. The van der Waals surface area contributed by atoms with E-state index in [4.69, 9.17) is 0 Å². The molecule has 21 heavy (non-hydrogen) atoms. The van der Waals surface area contributed by atoms with Gasteiger partial charge in [0.15, 0.2) is 5.78 Å². The van der Waals surface area contributed by atoms with Crippen molar-refractivity contribution < 1.29 is 9.59 Å². The second-order valence-corrected chi connectivity index (χ2v) is 7.23. The Morgan fingerprint density at radius 2 is 1.81 bits per heavy atom. The summed E-state index contributed by atoms with van der Waals surface area (Å²) in [6.45, 7) is 1.40. The molecule has 0 bridgehead atoms. The highest BCUT2D eigenvalue weighted by molar-refractivity contribution is 7.12. The number of likely N-dealkylation sites (tertiary alicyclic amines) is 1. The van der Waals surface area contributed by atoms with E-state index in [0.29, 0.717) is 19.5 Å². The minimum atomic E-state index is 0.0782. The molecular weight excluding hydrogens is 302 g/mol. The van der Waals surface area contributed by atoms with Crippen molar-refractivity contribution in [1.29, 1.82) is 0 Å². The molecule has 3 nitrogen and oxygen atoms in total. The van der Waals surface area contributed by atoms with E-state index in [1.54, 1.807) is 11.3 Å². The van der Waals surface area contributed by atoms with E-state index < -0.39 is 0 Å². The van der Waals surface area contributed by atoms with Crippen molar-refractivity contribution in [3.8, 4) is 0 Å². The van der Waals surface area contributed by atoms with E-state index in [9.17, 15) is 9.59 Å².